The van der Waals surface area contributed by atoms with Gasteiger partial charge in [-0.15, -0.1) is 0 Å². The molecule has 0 saturated carbocycles. The minimum Gasteiger partial charge on any atom is -0.475 e. The molecule has 0 fully saturated rings. The van der Waals surface area contributed by atoms with E-state index in [1.807, 2.05) is 0 Å². The summed E-state index contributed by atoms with van der Waals surface area (Å²) in [4.78, 5) is 21.3. The minimum absolute atomic E-state index is 0.199. The first-order valence-electron chi connectivity index (χ1n) is 3.71. The molecule has 0 aromatic heterocycles. The van der Waals surface area contributed by atoms with Crippen molar-refractivity contribution in [3.05, 3.63) is 33.3 Å². The Hall–Kier alpha value is -0.870. The SMILES string of the molecule is O=C(O)C(=O)Cc1c(Cl)cccc1Br. The van der Waals surface area contributed by atoms with Crippen molar-refractivity contribution in [2.24, 2.45) is 0 Å². The molecule has 1 aromatic carbocycles. The van der Waals surface area contributed by atoms with Crippen LogP contribution in [0.25, 0.3) is 0 Å². The molecule has 0 unspecified atom stereocenters. The van der Waals surface area contributed by atoms with Crippen molar-refractivity contribution < 1.29 is 14.7 Å². The molecule has 0 radical (unpaired) electrons. The third-order valence-corrected chi connectivity index (χ3v) is 2.73. The zero-order valence-corrected chi connectivity index (χ0v) is 9.30. The van der Waals surface area contributed by atoms with Gasteiger partial charge in [0.15, 0.2) is 0 Å². The molecule has 0 saturated heterocycles. The number of halogens is 2. The van der Waals surface area contributed by atoms with Crippen LogP contribution in [-0.2, 0) is 16.0 Å². The average molecular weight is 278 g/mol. The molecule has 0 bridgehead atoms. The maximum Gasteiger partial charge on any atom is 0.372 e. The zero-order chi connectivity index (χ0) is 10.7. The highest BCUT2D eigenvalue weighted by atomic mass is 79.9. The fourth-order valence-electron chi connectivity index (χ4n) is 0.937. The Kier molecular flexibility index (Phi) is 3.66. The van der Waals surface area contributed by atoms with Crippen LogP contribution in [0.1, 0.15) is 5.56 Å². The molecule has 0 spiro atoms. The summed E-state index contributed by atoms with van der Waals surface area (Å²) in [6, 6.07) is 5.02. The number of Topliss-reactive ketones (excluding diaryl/α,β-unsaturated/α-hetero) is 1. The predicted molar refractivity (Wildman–Crippen MR) is 55.5 cm³/mol. The highest BCUT2D eigenvalue weighted by Gasteiger charge is 2.15. The molecular weight excluding hydrogens is 271 g/mol. The third kappa shape index (κ3) is 2.56. The van der Waals surface area contributed by atoms with E-state index in [2.05, 4.69) is 15.9 Å². The summed E-state index contributed by atoms with van der Waals surface area (Å²) in [5.74, 6) is -2.32. The summed E-state index contributed by atoms with van der Waals surface area (Å²) in [5, 5.41) is 8.80. The lowest BCUT2D eigenvalue weighted by Crippen LogP contribution is -2.15. The van der Waals surface area contributed by atoms with E-state index in [-0.39, 0.29) is 6.42 Å². The topological polar surface area (TPSA) is 54.4 Å². The summed E-state index contributed by atoms with van der Waals surface area (Å²) in [5.41, 5.74) is 0.501. The molecule has 0 atom stereocenters. The summed E-state index contributed by atoms with van der Waals surface area (Å²) < 4.78 is 0.639. The van der Waals surface area contributed by atoms with Gasteiger partial charge in [-0.1, -0.05) is 33.6 Å². The molecule has 0 aliphatic heterocycles. The summed E-state index contributed by atoms with van der Waals surface area (Å²) in [6.45, 7) is 0. The van der Waals surface area contributed by atoms with Crippen LogP contribution in [0.2, 0.25) is 5.02 Å². The number of aliphatic carboxylic acids is 1. The molecule has 1 N–H and O–H groups in total. The van der Waals surface area contributed by atoms with Crippen LogP contribution in [0.4, 0.5) is 0 Å². The van der Waals surface area contributed by atoms with E-state index in [1.54, 1.807) is 18.2 Å². The number of carboxylic acids is 1. The van der Waals surface area contributed by atoms with E-state index in [1.165, 1.54) is 0 Å². The molecule has 0 aliphatic rings. The van der Waals surface area contributed by atoms with Crippen LogP contribution < -0.4 is 0 Å². The third-order valence-electron chi connectivity index (χ3n) is 1.64. The monoisotopic (exact) mass is 276 g/mol. The Morgan fingerprint density at radius 2 is 2.07 bits per heavy atom. The van der Waals surface area contributed by atoms with Crippen LogP contribution in [0.15, 0.2) is 22.7 Å². The smallest absolute Gasteiger partial charge is 0.372 e. The van der Waals surface area contributed by atoms with E-state index in [9.17, 15) is 9.59 Å². The molecule has 0 amide bonds. The van der Waals surface area contributed by atoms with E-state index in [4.69, 9.17) is 16.7 Å². The predicted octanol–water partition coefficient (Wildman–Crippen LogP) is 2.30. The number of carbonyl (C=O) groups is 2. The van der Waals surface area contributed by atoms with Gasteiger partial charge in [0.2, 0.25) is 5.78 Å². The Bertz CT molecular complexity index is 369. The Morgan fingerprint density at radius 3 is 2.57 bits per heavy atom. The first kappa shape index (κ1) is 11.2. The summed E-state index contributed by atoms with van der Waals surface area (Å²) in [6.07, 6.45) is -0.199. The Balaban J connectivity index is 2.97. The van der Waals surface area contributed by atoms with Gasteiger partial charge in [-0.25, -0.2) is 4.79 Å². The number of hydrogen-bond acceptors (Lipinski definition) is 2. The lowest BCUT2D eigenvalue weighted by Gasteiger charge is -2.03. The molecule has 1 rings (SSSR count). The van der Waals surface area contributed by atoms with Gasteiger partial charge in [-0.05, 0) is 17.7 Å². The van der Waals surface area contributed by atoms with Gasteiger partial charge in [-0.3, -0.25) is 4.79 Å². The summed E-state index contributed by atoms with van der Waals surface area (Å²) in [7, 11) is 0. The molecule has 5 heteroatoms. The van der Waals surface area contributed by atoms with Crippen LogP contribution in [0.3, 0.4) is 0 Å². The zero-order valence-electron chi connectivity index (χ0n) is 6.96. The van der Waals surface area contributed by atoms with Gasteiger partial charge in [0.1, 0.15) is 0 Å². The van der Waals surface area contributed by atoms with Crippen molar-refractivity contribution in [2.45, 2.75) is 6.42 Å². The molecule has 0 heterocycles. The Morgan fingerprint density at radius 1 is 1.43 bits per heavy atom. The van der Waals surface area contributed by atoms with Crippen molar-refractivity contribution in [2.75, 3.05) is 0 Å². The number of benzene rings is 1. The van der Waals surface area contributed by atoms with Crippen molar-refractivity contribution in [3.8, 4) is 0 Å². The largest absolute Gasteiger partial charge is 0.475 e. The fourth-order valence-corrected chi connectivity index (χ4v) is 1.80. The first-order valence-corrected chi connectivity index (χ1v) is 4.88. The maximum absolute atomic E-state index is 10.9. The van der Waals surface area contributed by atoms with E-state index in [0.29, 0.717) is 15.1 Å². The second-order valence-corrected chi connectivity index (χ2v) is 3.87. The van der Waals surface area contributed by atoms with E-state index >= 15 is 0 Å². The molecule has 74 valence electrons. The van der Waals surface area contributed by atoms with Gasteiger partial charge in [0, 0.05) is 15.9 Å². The second-order valence-electron chi connectivity index (χ2n) is 2.61. The van der Waals surface area contributed by atoms with Gasteiger partial charge in [-0.2, -0.15) is 0 Å². The lowest BCUT2D eigenvalue weighted by molar-refractivity contribution is -0.148. The number of ketones is 1. The second kappa shape index (κ2) is 4.57. The van der Waals surface area contributed by atoms with Gasteiger partial charge in [0.25, 0.3) is 0 Å². The molecular formula is C9H6BrClO3. The molecule has 3 nitrogen and oxygen atoms in total. The normalized spacial score (nSPS) is 9.86. The lowest BCUT2D eigenvalue weighted by atomic mass is 10.1. The van der Waals surface area contributed by atoms with Gasteiger partial charge >= 0.3 is 5.97 Å². The average Bonchev–Trinajstić information content (AvgIpc) is 2.11. The molecule has 0 aliphatic carbocycles. The molecule has 14 heavy (non-hydrogen) atoms. The first-order chi connectivity index (χ1) is 6.52. The van der Waals surface area contributed by atoms with Gasteiger partial charge < -0.3 is 5.11 Å². The van der Waals surface area contributed by atoms with Crippen molar-refractivity contribution >= 4 is 39.3 Å². The maximum atomic E-state index is 10.9. The highest BCUT2D eigenvalue weighted by molar-refractivity contribution is 9.10. The Labute approximate surface area is 93.8 Å². The van der Waals surface area contributed by atoms with Crippen molar-refractivity contribution in [1.82, 2.24) is 0 Å². The minimum atomic E-state index is -1.45. The van der Waals surface area contributed by atoms with Crippen molar-refractivity contribution in [3.63, 3.8) is 0 Å². The van der Waals surface area contributed by atoms with E-state index < -0.39 is 11.8 Å². The molecule has 1 aromatic rings. The summed E-state index contributed by atoms with van der Waals surface area (Å²) >= 11 is 9.00. The van der Waals surface area contributed by atoms with Crippen LogP contribution in [0.5, 0.6) is 0 Å². The van der Waals surface area contributed by atoms with Crippen LogP contribution in [-0.4, -0.2) is 16.9 Å². The number of rotatable bonds is 3. The van der Waals surface area contributed by atoms with Gasteiger partial charge in [0.05, 0.1) is 0 Å². The fraction of sp³-hybridized carbons (Fsp3) is 0.111. The van der Waals surface area contributed by atoms with Crippen LogP contribution in [0, 0.1) is 0 Å². The highest BCUT2D eigenvalue weighted by Crippen LogP contribution is 2.25. The number of carboxylic acid groups (broad SMARTS) is 1. The van der Waals surface area contributed by atoms with Crippen molar-refractivity contribution in [1.29, 1.82) is 0 Å². The quantitative estimate of drug-likeness (QED) is 0.863. The number of carbonyl (C=O) groups excluding carboxylic acids is 1. The van der Waals surface area contributed by atoms with E-state index in [0.717, 1.165) is 0 Å². The van der Waals surface area contributed by atoms with Crippen LogP contribution >= 0.6 is 27.5 Å². The standard InChI is InChI=1S/C9H6BrClO3/c10-6-2-1-3-7(11)5(6)4-8(12)9(13)14/h1-3H,4H2,(H,13,14). The number of hydrogen-bond donors (Lipinski definition) is 1.